The number of hydroxylamine groups is 2. The van der Waals surface area contributed by atoms with Gasteiger partial charge >= 0.3 is 6.03 Å². The van der Waals surface area contributed by atoms with Crippen molar-refractivity contribution < 1.29 is 10.0 Å². The average Bonchev–Trinajstić information content (AvgIpc) is 3.78. The highest BCUT2D eigenvalue weighted by atomic mass is 16.5. The molecule has 3 unspecified atom stereocenters. The van der Waals surface area contributed by atoms with E-state index in [0.717, 1.165) is 62.8 Å². The fourth-order valence-electron chi connectivity index (χ4n) is 8.59. The van der Waals surface area contributed by atoms with Crippen LogP contribution in [0.3, 0.4) is 0 Å². The molecule has 1 aromatic heterocycles. The van der Waals surface area contributed by atoms with Crippen molar-refractivity contribution in [1.29, 1.82) is 0 Å². The summed E-state index contributed by atoms with van der Waals surface area (Å²) in [6.45, 7) is 7.05. The molecule has 0 spiro atoms. The zero-order valence-corrected chi connectivity index (χ0v) is 29.2. The van der Waals surface area contributed by atoms with Gasteiger partial charge in [-0.2, -0.15) is 5.06 Å². The van der Waals surface area contributed by atoms with Crippen molar-refractivity contribution in [2.45, 2.75) is 95.9 Å². The van der Waals surface area contributed by atoms with Gasteiger partial charge in [-0.05, 0) is 79.5 Å². The first-order chi connectivity index (χ1) is 24.0. The zero-order valence-electron chi connectivity index (χ0n) is 29.2. The molecule has 4 atom stereocenters. The number of urea groups is 1. The lowest BCUT2D eigenvalue weighted by Crippen LogP contribution is -2.58. The minimum Gasteiger partial charge on any atom is -0.337 e. The van der Waals surface area contributed by atoms with E-state index in [-0.39, 0.29) is 12.1 Å². The molecule has 2 amide bonds. The second kappa shape index (κ2) is 15.9. The molecular weight excluding hydrogens is 608 g/mol. The quantitative estimate of drug-likeness (QED) is 0.246. The lowest BCUT2D eigenvalue weighted by Gasteiger charge is -2.44. The fraction of sp³-hybridized carbons (Fsp3) is 0.512. The summed E-state index contributed by atoms with van der Waals surface area (Å²) in [5, 5.41) is 14.4. The number of imidazole rings is 1. The molecule has 3 fully saturated rings. The third-order valence-corrected chi connectivity index (χ3v) is 11.3. The lowest BCUT2D eigenvalue weighted by atomic mass is 9.87. The molecule has 8 heteroatoms. The summed E-state index contributed by atoms with van der Waals surface area (Å²) in [5.74, 6) is 1.60. The van der Waals surface area contributed by atoms with Crippen LogP contribution in [0.1, 0.15) is 81.0 Å². The largest absolute Gasteiger partial charge is 0.337 e. The highest BCUT2D eigenvalue weighted by Crippen LogP contribution is 2.54. The Morgan fingerprint density at radius 1 is 1.02 bits per heavy atom. The van der Waals surface area contributed by atoms with Gasteiger partial charge in [0, 0.05) is 63.7 Å². The normalized spacial score (nSPS) is 25.1. The standard InChI is InChI=1S/C28H37N3O.C13H17N3O/c1-19-18-30(15-16-31(19)28(32)29-22-8-3-2-4-9-22)27-23-10-6-5-7-20(23)11-13-24-25(27)14-12-21-17-26(21)24;17-16(11-13-5-2-1-3-6-13)9-4-8-15-10-7-14-12-15/h5-7,10,12,14,19,21-22,26-27H,2-4,8-9,11,13,15-18H2,1H3,(H,29,32);1-3,5-7,10,12,17H,4,8-9,11H2/t19-,21?,26?,27?;/m0./s1. The second-order valence-electron chi connectivity index (χ2n) is 14.8. The first kappa shape index (κ1) is 33.8. The Kier molecular flexibility index (Phi) is 10.9. The Bertz CT molecular complexity index is 1580. The number of amides is 2. The zero-order chi connectivity index (χ0) is 33.6. The number of nitrogens with one attached hydrogen (secondary N) is 1. The second-order valence-corrected chi connectivity index (χ2v) is 14.8. The van der Waals surface area contributed by atoms with Crippen LogP contribution in [-0.4, -0.2) is 73.9 Å². The Labute approximate surface area is 292 Å². The van der Waals surface area contributed by atoms with Gasteiger partial charge in [0.05, 0.1) is 12.4 Å². The van der Waals surface area contributed by atoms with Gasteiger partial charge in [-0.25, -0.2) is 9.78 Å². The summed E-state index contributed by atoms with van der Waals surface area (Å²) in [5.41, 5.74) is 7.43. The third-order valence-electron chi connectivity index (χ3n) is 11.3. The maximum absolute atomic E-state index is 13.1. The van der Waals surface area contributed by atoms with Gasteiger partial charge < -0.3 is 20.0 Å². The first-order valence-corrected chi connectivity index (χ1v) is 18.8. The van der Waals surface area contributed by atoms with Gasteiger partial charge in [0.15, 0.2) is 0 Å². The molecular formula is C41H54N6O2. The van der Waals surface area contributed by atoms with Gasteiger partial charge in [0.1, 0.15) is 0 Å². The number of carbonyl (C=O) groups excluding carboxylic acids is 1. The van der Waals surface area contributed by atoms with Crippen LogP contribution in [-0.2, 0) is 19.5 Å². The molecule has 2 heterocycles. The van der Waals surface area contributed by atoms with E-state index >= 15 is 0 Å². The van der Waals surface area contributed by atoms with Crippen molar-refractivity contribution in [3.63, 3.8) is 0 Å². The van der Waals surface area contributed by atoms with Crippen molar-refractivity contribution in [2.24, 2.45) is 11.8 Å². The van der Waals surface area contributed by atoms with E-state index in [1.54, 1.807) is 23.7 Å². The summed E-state index contributed by atoms with van der Waals surface area (Å²) in [4.78, 5) is 21.8. The van der Waals surface area contributed by atoms with E-state index in [1.165, 1.54) is 54.7 Å². The monoisotopic (exact) mass is 662 g/mol. The summed E-state index contributed by atoms with van der Waals surface area (Å²) >= 11 is 0. The van der Waals surface area contributed by atoms with Crippen LogP contribution in [0.5, 0.6) is 0 Å². The molecule has 2 N–H and O–H groups in total. The van der Waals surface area contributed by atoms with Crippen LogP contribution in [0.15, 0.2) is 96.6 Å². The van der Waals surface area contributed by atoms with Crippen LogP contribution in [0, 0.1) is 11.8 Å². The van der Waals surface area contributed by atoms with Gasteiger partial charge in [-0.15, -0.1) is 0 Å². The number of rotatable bonds is 8. The molecule has 8 nitrogen and oxygen atoms in total. The van der Waals surface area contributed by atoms with Crippen LogP contribution in [0.2, 0.25) is 0 Å². The van der Waals surface area contributed by atoms with Gasteiger partial charge in [-0.1, -0.05) is 91.6 Å². The first-order valence-electron chi connectivity index (χ1n) is 18.8. The minimum absolute atomic E-state index is 0.156. The predicted octanol–water partition coefficient (Wildman–Crippen LogP) is 7.39. The molecule has 260 valence electrons. The van der Waals surface area contributed by atoms with E-state index in [2.05, 4.69) is 63.4 Å². The van der Waals surface area contributed by atoms with Crippen molar-refractivity contribution in [3.05, 3.63) is 113 Å². The van der Waals surface area contributed by atoms with Crippen LogP contribution >= 0.6 is 0 Å². The van der Waals surface area contributed by atoms with E-state index in [4.69, 9.17) is 0 Å². The number of benzene rings is 2. The van der Waals surface area contributed by atoms with Gasteiger partial charge in [0.2, 0.25) is 0 Å². The smallest absolute Gasteiger partial charge is 0.317 e. The number of hydrogen-bond donors (Lipinski definition) is 2. The van der Waals surface area contributed by atoms with Crippen LogP contribution in [0.25, 0.3) is 0 Å². The number of nitrogens with zero attached hydrogens (tertiary/aromatic N) is 5. The molecule has 1 saturated heterocycles. The maximum atomic E-state index is 13.1. The molecule has 8 rings (SSSR count). The third kappa shape index (κ3) is 8.36. The highest BCUT2D eigenvalue weighted by Gasteiger charge is 2.44. The van der Waals surface area contributed by atoms with Crippen LogP contribution in [0.4, 0.5) is 4.79 Å². The number of aromatic nitrogens is 2. The fourth-order valence-corrected chi connectivity index (χ4v) is 8.59. The van der Waals surface area contributed by atoms with E-state index in [0.29, 0.717) is 25.2 Å². The molecule has 2 aromatic carbocycles. The summed E-state index contributed by atoms with van der Waals surface area (Å²) in [6, 6.07) is 20.2. The number of hydrogen-bond acceptors (Lipinski definition) is 5. The number of allylic oxidation sites excluding steroid dienone is 2. The van der Waals surface area contributed by atoms with Crippen molar-refractivity contribution >= 4 is 6.03 Å². The minimum atomic E-state index is 0.156. The number of piperazine rings is 1. The van der Waals surface area contributed by atoms with Gasteiger partial charge in [-0.3, -0.25) is 4.90 Å². The lowest BCUT2D eigenvalue weighted by molar-refractivity contribution is -0.100. The van der Waals surface area contributed by atoms with Crippen molar-refractivity contribution in [3.8, 4) is 0 Å². The molecule has 4 aliphatic carbocycles. The highest BCUT2D eigenvalue weighted by molar-refractivity contribution is 5.75. The predicted molar refractivity (Wildman–Crippen MR) is 194 cm³/mol. The Morgan fingerprint density at radius 2 is 1.84 bits per heavy atom. The molecule has 3 aromatic rings. The maximum Gasteiger partial charge on any atom is 0.317 e. The summed E-state index contributed by atoms with van der Waals surface area (Å²) in [7, 11) is 0. The Hall–Kier alpha value is -3.72. The summed E-state index contributed by atoms with van der Waals surface area (Å²) in [6.07, 6.45) is 21.2. The summed E-state index contributed by atoms with van der Waals surface area (Å²) < 4.78 is 2.01. The molecule has 2 saturated carbocycles. The Balaban J connectivity index is 0.000000188. The topological polar surface area (TPSA) is 76.9 Å². The molecule has 0 bridgehead atoms. The average molecular weight is 663 g/mol. The number of carbonyl (C=O) groups is 1. The Morgan fingerprint density at radius 3 is 2.63 bits per heavy atom. The number of aryl methyl sites for hydroxylation is 2. The van der Waals surface area contributed by atoms with E-state index < -0.39 is 0 Å². The molecule has 49 heavy (non-hydrogen) atoms. The molecule has 0 radical (unpaired) electrons. The van der Waals surface area contributed by atoms with Gasteiger partial charge in [0.25, 0.3) is 0 Å². The molecule has 1 aliphatic heterocycles. The SMILES string of the molecule is C[C@H]1CN(C2C3=C(CCc4ccccc42)C2CC2C=C3)CCN1C(=O)NC1CCCCC1.ON(CCCn1ccnc1)Cc1ccccc1. The van der Waals surface area contributed by atoms with Crippen molar-refractivity contribution in [1.82, 2.24) is 29.7 Å². The molecule has 5 aliphatic rings. The van der Waals surface area contributed by atoms with E-state index in [9.17, 15) is 10.0 Å². The number of fused-ring (bicyclic) bond motifs is 3. The van der Waals surface area contributed by atoms with Crippen LogP contribution < -0.4 is 5.32 Å². The van der Waals surface area contributed by atoms with E-state index in [1.807, 2.05) is 41.1 Å². The van der Waals surface area contributed by atoms with Crippen molar-refractivity contribution in [2.75, 3.05) is 26.2 Å².